The molecule has 3 heterocycles. The summed E-state index contributed by atoms with van der Waals surface area (Å²) < 4.78 is 56.1. The molecule has 2 aromatic heterocycles. The molecule has 0 unspecified atom stereocenters. The highest BCUT2D eigenvalue weighted by molar-refractivity contribution is 7.90. The van der Waals surface area contributed by atoms with E-state index in [2.05, 4.69) is 14.8 Å². The molecule has 1 saturated heterocycles. The van der Waals surface area contributed by atoms with Gasteiger partial charge in [0.1, 0.15) is 5.82 Å². The fourth-order valence-electron chi connectivity index (χ4n) is 5.09. The van der Waals surface area contributed by atoms with E-state index in [1.807, 2.05) is 13.8 Å². The maximum atomic E-state index is 14.9. The van der Waals surface area contributed by atoms with Crippen molar-refractivity contribution in [1.82, 2.24) is 19.5 Å². The lowest BCUT2D eigenvalue weighted by Gasteiger charge is -2.40. The van der Waals surface area contributed by atoms with Crippen LogP contribution in [0.25, 0.3) is 11.1 Å². The maximum Gasteiger partial charge on any atom is 0.283 e. The Morgan fingerprint density at radius 2 is 1.92 bits per heavy atom. The monoisotopic (exact) mass is 528 g/mol. The highest BCUT2D eigenvalue weighted by Gasteiger charge is 2.45. The Bertz CT molecular complexity index is 1440. The predicted molar refractivity (Wildman–Crippen MR) is 133 cm³/mol. The molecule has 9 nitrogen and oxygen atoms in total. The average Bonchev–Trinajstić information content (AvgIpc) is 3.50. The molecule has 2 aliphatic rings. The van der Waals surface area contributed by atoms with Gasteiger partial charge in [0, 0.05) is 31.6 Å². The fourth-order valence-corrected chi connectivity index (χ4v) is 6.03. The summed E-state index contributed by atoms with van der Waals surface area (Å²) in [7, 11) is -2.74. The summed E-state index contributed by atoms with van der Waals surface area (Å²) in [5, 5.41) is 4.02. The molecule has 1 aliphatic heterocycles. The molecule has 1 N–H and O–H groups in total. The highest BCUT2D eigenvalue weighted by atomic mass is 32.2. The molecule has 1 aromatic carbocycles. The Balaban J connectivity index is 1.46. The van der Waals surface area contributed by atoms with Crippen molar-refractivity contribution in [2.24, 2.45) is 0 Å². The van der Waals surface area contributed by atoms with E-state index in [-0.39, 0.29) is 36.5 Å². The Morgan fingerprint density at radius 1 is 1.22 bits per heavy atom. The van der Waals surface area contributed by atoms with Gasteiger partial charge in [-0.1, -0.05) is 0 Å². The van der Waals surface area contributed by atoms with Crippen molar-refractivity contribution < 1.29 is 27.1 Å². The quantitative estimate of drug-likeness (QED) is 0.478. The van der Waals surface area contributed by atoms with Gasteiger partial charge in [-0.2, -0.15) is 13.5 Å². The topological polar surface area (TPSA) is 112 Å². The lowest BCUT2D eigenvalue weighted by atomic mass is 9.91. The number of fused-ring (bicyclic) bond motifs is 1. The Kier molecular flexibility index (Phi) is 6.63. The normalized spacial score (nSPS) is 16.5. The van der Waals surface area contributed by atoms with Crippen molar-refractivity contribution in [3.05, 3.63) is 64.9 Å². The van der Waals surface area contributed by atoms with Crippen LogP contribution in [0.15, 0.2) is 41.7 Å². The van der Waals surface area contributed by atoms with Gasteiger partial charge in [-0.05, 0) is 79.1 Å². The van der Waals surface area contributed by atoms with Crippen molar-refractivity contribution in [1.29, 1.82) is 0 Å². The van der Waals surface area contributed by atoms with Crippen LogP contribution in [0.5, 0.6) is 0 Å². The molecule has 37 heavy (non-hydrogen) atoms. The zero-order chi connectivity index (χ0) is 26.4. The van der Waals surface area contributed by atoms with Crippen LogP contribution in [-0.2, 0) is 49.2 Å². The number of carbonyl (C=O) groups is 1. The molecule has 0 bridgehead atoms. The van der Waals surface area contributed by atoms with Crippen LogP contribution in [0.2, 0.25) is 0 Å². The summed E-state index contributed by atoms with van der Waals surface area (Å²) in [6.07, 6.45) is 4.97. The third-order valence-corrected chi connectivity index (χ3v) is 8.30. The number of halogens is 1. The van der Waals surface area contributed by atoms with E-state index >= 15 is 0 Å². The van der Waals surface area contributed by atoms with Gasteiger partial charge in [0.15, 0.2) is 10.6 Å². The summed E-state index contributed by atoms with van der Waals surface area (Å²) in [5.41, 5.74) is 3.05. The second-order valence-electron chi connectivity index (χ2n) is 9.73. The first-order valence-electron chi connectivity index (χ1n) is 12.2. The molecule has 1 aliphatic carbocycles. The first-order chi connectivity index (χ1) is 17.6. The van der Waals surface area contributed by atoms with E-state index < -0.39 is 21.5 Å². The summed E-state index contributed by atoms with van der Waals surface area (Å²) >= 11 is 0. The number of nitrogens with zero attached hydrogens (tertiary/aromatic N) is 3. The zero-order valence-electron chi connectivity index (χ0n) is 21.0. The van der Waals surface area contributed by atoms with Gasteiger partial charge < -0.3 is 9.47 Å². The number of nitrogens with one attached hydrogen (secondary N) is 1. The van der Waals surface area contributed by atoms with Crippen molar-refractivity contribution in [3.8, 4) is 11.1 Å². The van der Waals surface area contributed by atoms with Crippen LogP contribution in [-0.4, -0.2) is 49.4 Å². The van der Waals surface area contributed by atoms with E-state index in [1.165, 1.54) is 19.2 Å². The number of rotatable bonds is 8. The van der Waals surface area contributed by atoms with Crippen molar-refractivity contribution in [2.75, 3.05) is 20.3 Å². The summed E-state index contributed by atoms with van der Waals surface area (Å²) in [4.78, 5) is 17.2. The van der Waals surface area contributed by atoms with Crippen molar-refractivity contribution >= 4 is 15.9 Å². The zero-order valence-corrected chi connectivity index (χ0v) is 21.8. The molecular weight excluding hydrogens is 499 g/mol. The number of methoxy groups -OCH3 is 1. The van der Waals surface area contributed by atoms with Gasteiger partial charge in [0.05, 0.1) is 25.3 Å². The number of hydrogen-bond acceptors (Lipinski definition) is 7. The molecule has 0 radical (unpaired) electrons. The largest absolute Gasteiger partial charge is 0.374 e. The minimum Gasteiger partial charge on any atom is -0.374 e. The number of pyridine rings is 1. The number of amides is 1. The third kappa shape index (κ3) is 4.55. The SMILES string of the molecule is COC1(c2cc(S(=O)(=O)NC(=O)Cc3c(-c4ccncc4)cc(F)c4c3CCC4)nn2C(C)C)COC1. The summed E-state index contributed by atoms with van der Waals surface area (Å²) in [6, 6.07) is 6.19. The van der Waals surface area contributed by atoms with Crippen LogP contribution in [0.4, 0.5) is 4.39 Å². The van der Waals surface area contributed by atoms with E-state index in [0.29, 0.717) is 40.8 Å². The minimum absolute atomic E-state index is 0.146. The van der Waals surface area contributed by atoms with Crippen LogP contribution in [0.1, 0.15) is 48.7 Å². The van der Waals surface area contributed by atoms with Crippen molar-refractivity contribution in [2.45, 2.75) is 56.2 Å². The summed E-state index contributed by atoms with van der Waals surface area (Å²) in [6.45, 7) is 4.32. The fraction of sp³-hybridized carbons (Fsp3) is 0.423. The van der Waals surface area contributed by atoms with Gasteiger partial charge in [0.2, 0.25) is 5.91 Å². The number of sulfonamides is 1. The van der Waals surface area contributed by atoms with E-state index in [4.69, 9.17) is 9.47 Å². The number of benzene rings is 1. The molecule has 3 aromatic rings. The van der Waals surface area contributed by atoms with Crippen LogP contribution in [0.3, 0.4) is 0 Å². The van der Waals surface area contributed by atoms with Gasteiger partial charge in [-0.25, -0.2) is 9.11 Å². The predicted octanol–water partition coefficient (Wildman–Crippen LogP) is 3.07. The molecule has 0 atom stereocenters. The van der Waals surface area contributed by atoms with Crippen molar-refractivity contribution in [3.63, 3.8) is 0 Å². The number of hydrogen-bond donors (Lipinski definition) is 1. The lowest BCUT2D eigenvalue weighted by Crippen LogP contribution is -2.49. The second kappa shape index (κ2) is 9.62. The van der Waals surface area contributed by atoms with E-state index in [9.17, 15) is 17.6 Å². The second-order valence-corrected chi connectivity index (χ2v) is 11.4. The van der Waals surface area contributed by atoms with Gasteiger partial charge >= 0.3 is 0 Å². The highest BCUT2D eigenvalue weighted by Crippen LogP contribution is 2.37. The average molecular weight is 529 g/mol. The smallest absolute Gasteiger partial charge is 0.283 e. The van der Waals surface area contributed by atoms with Gasteiger partial charge in [-0.15, -0.1) is 0 Å². The standard InChI is InChI=1S/C26H29FN4O5S/c1-16(2)31-23(26(35-3)14-36-15-26)13-25(29-31)37(33,34)30-24(32)12-21-18-5-4-6-19(18)22(27)11-20(21)17-7-9-28-10-8-17/h7-11,13,16H,4-6,12,14-15H2,1-3H3,(H,30,32). The van der Waals surface area contributed by atoms with Crippen LogP contribution in [0, 0.1) is 5.82 Å². The number of aromatic nitrogens is 3. The number of carbonyl (C=O) groups excluding carboxylic acids is 1. The van der Waals surface area contributed by atoms with Crippen LogP contribution < -0.4 is 4.72 Å². The van der Waals surface area contributed by atoms with Gasteiger partial charge in [-0.3, -0.25) is 14.5 Å². The first kappa shape index (κ1) is 25.5. The third-order valence-electron chi connectivity index (χ3n) is 7.05. The summed E-state index contributed by atoms with van der Waals surface area (Å²) in [5.74, 6) is -1.03. The molecule has 5 rings (SSSR count). The molecule has 0 saturated carbocycles. The molecule has 0 spiro atoms. The Labute approximate surface area is 215 Å². The van der Waals surface area contributed by atoms with E-state index in [1.54, 1.807) is 29.2 Å². The van der Waals surface area contributed by atoms with Crippen LogP contribution >= 0.6 is 0 Å². The molecule has 1 fully saturated rings. The molecule has 196 valence electrons. The van der Waals surface area contributed by atoms with Gasteiger partial charge in [0.25, 0.3) is 10.0 Å². The maximum absolute atomic E-state index is 14.9. The lowest BCUT2D eigenvalue weighted by molar-refractivity contribution is -0.206. The molecule has 1 amide bonds. The Morgan fingerprint density at radius 3 is 2.54 bits per heavy atom. The first-order valence-corrected chi connectivity index (χ1v) is 13.7. The Hall–Kier alpha value is -3.15. The minimum atomic E-state index is -4.28. The molecule has 11 heteroatoms. The number of ether oxygens (including phenoxy) is 2. The van der Waals surface area contributed by atoms with E-state index in [0.717, 1.165) is 12.0 Å². The molecular formula is C26H29FN4O5S.